The fourth-order valence-corrected chi connectivity index (χ4v) is 3.69. The van der Waals surface area contributed by atoms with Crippen LogP contribution < -0.4 is 4.90 Å². The van der Waals surface area contributed by atoms with Gasteiger partial charge in [-0.2, -0.15) is 13.2 Å². The zero-order chi connectivity index (χ0) is 20.6. The van der Waals surface area contributed by atoms with Crippen LogP contribution in [0.5, 0.6) is 0 Å². The number of anilines is 2. The van der Waals surface area contributed by atoms with Gasteiger partial charge in [0.15, 0.2) is 5.69 Å². The second-order valence-corrected chi connectivity index (χ2v) is 7.39. The lowest BCUT2D eigenvalue weighted by Gasteiger charge is -2.26. The van der Waals surface area contributed by atoms with Crippen LogP contribution in [0.25, 0.3) is 11.3 Å². The summed E-state index contributed by atoms with van der Waals surface area (Å²) < 4.78 is 38.2. The van der Waals surface area contributed by atoms with Gasteiger partial charge in [0.25, 0.3) is 0 Å². The van der Waals surface area contributed by atoms with Crippen LogP contribution in [0.1, 0.15) is 11.3 Å². The molecule has 0 radical (unpaired) electrons. The fraction of sp³-hybridized carbons (Fsp3) is 0.238. The molecule has 0 aliphatic carbocycles. The van der Waals surface area contributed by atoms with Crippen molar-refractivity contribution < 1.29 is 13.2 Å². The van der Waals surface area contributed by atoms with E-state index in [4.69, 9.17) is 11.6 Å². The molecule has 0 atom stereocenters. The summed E-state index contributed by atoms with van der Waals surface area (Å²) >= 11 is 6.43. The molecule has 0 fully saturated rings. The highest BCUT2D eigenvalue weighted by Gasteiger charge is 2.33. The predicted molar refractivity (Wildman–Crippen MR) is 107 cm³/mol. The number of hydrogen-bond acceptors (Lipinski definition) is 4. The number of hydrogen-bond donors (Lipinski definition) is 0. The second-order valence-electron chi connectivity index (χ2n) is 6.99. The Morgan fingerprint density at radius 1 is 0.931 bits per heavy atom. The quantitative estimate of drug-likeness (QED) is 0.558. The first-order valence-electron chi connectivity index (χ1n) is 9.08. The normalized spacial score (nSPS) is 15.1. The molecular formula is C21H18ClF3N4. The third kappa shape index (κ3) is 4.06. The zero-order valence-electron chi connectivity index (χ0n) is 15.6. The van der Waals surface area contributed by atoms with Gasteiger partial charge in [0.2, 0.25) is 0 Å². The first-order valence-corrected chi connectivity index (χ1v) is 9.45. The number of nitrogens with zero attached hydrogens (tertiary/aromatic N) is 4. The summed E-state index contributed by atoms with van der Waals surface area (Å²) in [6, 6.07) is 15.8. The Hall–Kier alpha value is -2.64. The van der Waals surface area contributed by atoms with Gasteiger partial charge in [-0.25, -0.2) is 0 Å². The van der Waals surface area contributed by atoms with E-state index in [1.807, 2.05) is 49.5 Å². The Morgan fingerprint density at radius 2 is 1.72 bits per heavy atom. The van der Waals surface area contributed by atoms with Crippen LogP contribution in [-0.2, 0) is 12.7 Å². The van der Waals surface area contributed by atoms with Crippen LogP contribution in [0.15, 0.2) is 54.6 Å². The SMILES string of the molecule is CN1CCN(c2ccccc2Cl)c2ccc(-c3ccc(C(F)(F)F)nn3)cc2C1. The molecule has 0 amide bonds. The number of likely N-dealkylation sites (N-methyl/N-ethyl adjacent to an activating group) is 1. The number of benzene rings is 2. The molecule has 8 heteroatoms. The van der Waals surface area contributed by atoms with Gasteiger partial charge in [-0.3, -0.25) is 0 Å². The van der Waals surface area contributed by atoms with Gasteiger partial charge >= 0.3 is 6.18 Å². The first-order chi connectivity index (χ1) is 13.8. The minimum absolute atomic E-state index is 0.400. The minimum atomic E-state index is -4.50. The molecule has 0 bridgehead atoms. The van der Waals surface area contributed by atoms with Gasteiger partial charge in [0.1, 0.15) is 0 Å². The van der Waals surface area contributed by atoms with Crippen LogP contribution in [0.3, 0.4) is 0 Å². The minimum Gasteiger partial charge on any atom is -0.339 e. The molecule has 0 unspecified atom stereocenters. The molecule has 0 spiro atoms. The Morgan fingerprint density at radius 3 is 2.41 bits per heavy atom. The standard InChI is InChI=1S/C21H18ClF3N4/c1-28-10-11-29(19-5-3-2-4-16(19)22)18-8-6-14(12-15(18)13-28)17-7-9-20(27-26-17)21(23,24)25/h2-9,12H,10-11,13H2,1H3. The van der Waals surface area contributed by atoms with Crippen LogP contribution in [0.4, 0.5) is 24.5 Å². The lowest BCUT2D eigenvalue weighted by molar-refractivity contribution is -0.141. The number of aromatic nitrogens is 2. The third-order valence-electron chi connectivity index (χ3n) is 4.91. The number of alkyl halides is 3. The van der Waals surface area contributed by atoms with E-state index in [-0.39, 0.29) is 0 Å². The van der Waals surface area contributed by atoms with Crippen molar-refractivity contribution in [1.82, 2.24) is 15.1 Å². The van der Waals surface area contributed by atoms with Crippen molar-refractivity contribution in [2.24, 2.45) is 0 Å². The molecule has 3 aromatic rings. The van der Waals surface area contributed by atoms with Gasteiger partial charge in [-0.05, 0) is 49.0 Å². The van der Waals surface area contributed by atoms with Gasteiger partial charge in [-0.1, -0.05) is 29.8 Å². The van der Waals surface area contributed by atoms with Gasteiger partial charge < -0.3 is 9.80 Å². The highest BCUT2D eigenvalue weighted by Crippen LogP contribution is 2.37. The maximum Gasteiger partial charge on any atom is 0.435 e. The molecule has 1 aliphatic heterocycles. The maximum absolute atomic E-state index is 12.7. The van der Waals surface area contributed by atoms with Crippen LogP contribution in [-0.4, -0.2) is 35.2 Å². The van der Waals surface area contributed by atoms with Crippen LogP contribution >= 0.6 is 11.6 Å². The van der Waals surface area contributed by atoms with Gasteiger partial charge in [0, 0.05) is 30.9 Å². The highest BCUT2D eigenvalue weighted by atomic mass is 35.5. The Kier molecular flexibility index (Phi) is 5.19. The zero-order valence-corrected chi connectivity index (χ0v) is 16.4. The molecule has 1 aromatic heterocycles. The van der Waals surface area contributed by atoms with Crippen molar-refractivity contribution in [3.05, 3.63) is 70.9 Å². The Labute approximate surface area is 171 Å². The third-order valence-corrected chi connectivity index (χ3v) is 5.23. The molecule has 0 N–H and O–H groups in total. The van der Waals surface area contributed by atoms with E-state index in [0.717, 1.165) is 41.7 Å². The van der Waals surface area contributed by atoms with Crippen LogP contribution in [0.2, 0.25) is 5.02 Å². The Balaban J connectivity index is 1.74. The predicted octanol–water partition coefficient (Wildman–Crippen LogP) is 5.40. The van der Waals surface area contributed by atoms with Crippen molar-refractivity contribution in [3.8, 4) is 11.3 Å². The maximum atomic E-state index is 12.7. The number of fused-ring (bicyclic) bond motifs is 1. The summed E-state index contributed by atoms with van der Waals surface area (Å²) in [5.74, 6) is 0. The molecule has 0 saturated heterocycles. The van der Waals surface area contributed by atoms with Crippen molar-refractivity contribution >= 4 is 23.0 Å². The highest BCUT2D eigenvalue weighted by molar-refractivity contribution is 6.33. The number of rotatable bonds is 2. The largest absolute Gasteiger partial charge is 0.435 e. The van der Waals surface area contributed by atoms with Gasteiger partial charge in [0.05, 0.1) is 16.4 Å². The lowest BCUT2D eigenvalue weighted by Crippen LogP contribution is -2.26. The molecular weight excluding hydrogens is 401 g/mol. The van der Waals surface area contributed by atoms with E-state index in [2.05, 4.69) is 20.0 Å². The summed E-state index contributed by atoms with van der Waals surface area (Å²) in [4.78, 5) is 4.36. The molecule has 150 valence electrons. The molecule has 4 nitrogen and oxygen atoms in total. The molecule has 29 heavy (non-hydrogen) atoms. The van der Waals surface area contributed by atoms with Gasteiger partial charge in [-0.15, -0.1) is 10.2 Å². The van der Waals surface area contributed by atoms with E-state index < -0.39 is 11.9 Å². The summed E-state index contributed by atoms with van der Waals surface area (Å²) in [5, 5.41) is 7.78. The Bertz CT molecular complexity index is 1020. The van der Waals surface area contributed by atoms with Crippen LogP contribution in [0, 0.1) is 0 Å². The monoisotopic (exact) mass is 418 g/mol. The number of para-hydroxylation sites is 1. The van der Waals surface area contributed by atoms with Crippen molar-refractivity contribution in [1.29, 1.82) is 0 Å². The molecule has 0 saturated carbocycles. The lowest BCUT2D eigenvalue weighted by atomic mass is 10.0. The summed E-state index contributed by atoms with van der Waals surface area (Å²) in [6.07, 6.45) is -4.50. The molecule has 2 aromatic carbocycles. The average Bonchev–Trinajstić information content (AvgIpc) is 2.85. The number of halogens is 4. The van der Waals surface area contributed by atoms with E-state index in [0.29, 0.717) is 17.3 Å². The fourth-order valence-electron chi connectivity index (χ4n) is 3.45. The summed E-state index contributed by atoms with van der Waals surface area (Å²) in [5.41, 5.74) is 3.11. The topological polar surface area (TPSA) is 32.3 Å². The smallest absolute Gasteiger partial charge is 0.339 e. The molecule has 4 rings (SSSR count). The summed E-state index contributed by atoms with van der Waals surface area (Å²) in [7, 11) is 2.03. The molecule has 1 aliphatic rings. The molecule has 2 heterocycles. The van der Waals surface area contributed by atoms with Crippen molar-refractivity contribution in [3.63, 3.8) is 0 Å². The van der Waals surface area contributed by atoms with E-state index in [9.17, 15) is 13.2 Å². The van der Waals surface area contributed by atoms with E-state index in [1.165, 1.54) is 6.07 Å². The summed E-state index contributed by atoms with van der Waals surface area (Å²) in [6.45, 7) is 2.32. The second kappa shape index (κ2) is 7.65. The van der Waals surface area contributed by atoms with Crippen molar-refractivity contribution in [2.75, 3.05) is 25.0 Å². The van der Waals surface area contributed by atoms with Crippen molar-refractivity contribution in [2.45, 2.75) is 12.7 Å². The van der Waals surface area contributed by atoms with E-state index >= 15 is 0 Å². The first kappa shape index (κ1) is 19.7. The van der Waals surface area contributed by atoms with E-state index in [1.54, 1.807) is 0 Å². The average molecular weight is 419 g/mol.